The van der Waals surface area contributed by atoms with E-state index in [1.807, 2.05) is 0 Å². The van der Waals surface area contributed by atoms with Crippen LogP contribution in [-0.2, 0) is 0 Å². The van der Waals surface area contributed by atoms with Crippen LogP contribution in [0.25, 0.3) is 0 Å². The fraction of sp³-hybridized carbons (Fsp3) is 0.909. The van der Waals surface area contributed by atoms with E-state index in [4.69, 9.17) is 5.84 Å². The first-order chi connectivity index (χ1) is 7.69. The van der Waals surface area contributed by atoms with Crippen molar-refractivity contribution in [2.24, 2.45) is 10.8 Å². The van der Waals surface area contributed by atoms with Gasteiger partial charge in [-0.2, -0.15) is 0 Å². The van der Waals surface area contributed by atoms with E-state index in [9.17, 15) is 0 Å². The molecule has 1 atom stereocenters. The molecule has 0 bridgehead atoms. The van der Waals surface area contributed by atoms with Gasteiger partial charge in [0.15, 0.2) is 0 Å². The van der Waals surface area contributed by atoms with Gasteiger partial charge in [-0.3, -0.25) is 10.4 Å². The maximum Gasteiger partial charge on any atom is 0.208 e. The molecule has 94 valence electrons. The van der Waals surface area contributed by atoms with Gasteiger partial charge >= 0.3 is 0 Å². The molecule has 0 amide bonds. The SMILES string of the molecule is CCCN=C(NN)N(C)C1CCCN(C)C1. The van der Waals surface area contributed by atoms with Crippen LogP contribution < -0.4 is 11.3 Å². The molecule has 1 saturated heterocycles. The number of likely N-dealkylation sites (N-methyl/N-ethyl adjacent to an activating group) is 2. The highest BCUT2D eigenvalue weighted by Gasteiger charge is 2.22. The molecule has 1 unspecified atom stereocenters. The summed E-state index contributed by atoms with van der Waals surface area (Å²) in [4.78, 5) is 8.98. The first kappa shape index (κ1) is 13.3. The highest BCUT2D eigenvalue weighted by Crippen LogP contribution is 2.13. The predicted molar refractivity (Wildman–Crippen MR) is 68.2 cm³/mol. The standard InChI is InChI=1S/C11H25N5/c1-4-7-13-11(14-12)16(3)10-6-5-8-15(2)9-10/h10H,4-9,12H2,1-3H3,(H,13,14). The molecular formula is C11H25N5. The van der Waals surface area contributed by atoms with Crippen LogP contribution in [0.5, 0.6) is 0 Å². The van der Waals surface area contributed by atoms with Crippen molar-refractivity contribution in [2.45, 2.75) is 32.2 Å². The lowest BCUT2D eigenvalue weighted by Gasteiger charge is -2.37. The topological polar surface area (TPSA) is 56.9 Å². The third-order valence-corrected chi connectivity index (χ3v) is 3.10. The number of nitrogens with zero attached hydrogens (tertiary/aromatic N) is 3. The van der Waals surface area contributed by atoms with Gasteiger partial charge in [0.05, 0.1) is 0 Å². The number of rotatable bonds is 3. The van der Waals surface area contributed by atoms with E-state index in [1.165, 1.54) is 19.4 Å². The first-order valence-electron chi connectivity index (χ1n) is 6.11. The summed E-state index contributed by atoms with van der Waals surface area (Å²) in [7, 11) is 4.23. The second-order valence-electron chi connectivity index (χ2n) is 4.52. The van der Waals surface area contributed by atoms with E-state index in [0.717, 1.165) is 25.5 Å². The number of likely N-dealkylation sites (tertiary alicyclic amines) is 1. The maximum absolute atomic E-state index is 5.52. The van der Waals surface area contributed by atoms with Gasteiger partial charge in [-0.05, 0) is 32.9 Å². The second kappa shape index (κ2) is 6.70. The third kappa shape index (κ3) is 3.64. The van der Waals surface area contributed by atoms with Crippen molar-refractivity contribution in [1.82, 2.24) is 15.2 Å². The largest absolute Gasteiger partial charge is 0.341 e. The van der Waals surface area contributed by atoms with Gasteiger partial charge < -0.3 is 9.80 Å². The zero-order chi connectivity index (χ0) is 12.0. The van der Waals surface area contributed by atoms with E-state index in [1.54, 1.807) is 0 Å². The summed E-state index contributed by atoms with van der Waals surface area (Å²) in [5.74, 6) is 6.33. The molecule has 1 aliphatic heterocycles. The second-order valence-corrected chi connectivity index (χ2v) is 4.52. The molecule has 0 spiro atoms. The zero-order valence-corrected chi connectivity index (χ0v) is 10.7. The van der Waals surface area contributed by atoms with Crippen molar-refractivity contribution >= 4 is 5.96 Å². The van der Waals surface area contributed by atoms with Crippen LogP contribution in [-0.4, -0.2) is 55.5 Å². The molecule has 0 aromatic rings. The lowest BCUT2D eigenvalue weighted by Crippen LogP contribution is -2.52. The molecule has 0 aliphatic carbocycles. The summed E-state index contributed by atoms with van der Waals surface area (Å²) in [5.41, 5.74) is 2.71. The minimum Gasteiger partial charge on any atom is -0.341 e. The normalized spacial score (nSPS) is 23.2. The van der Waals surface area contributed by atoms with Crippen molar-refractivity contribution in [3.05, 3.63) is 0 Å². The third-order valence-electron chi connectivity index (χ3n) is 3.10. The number of guanidine groups is 1. The Bertz CT molecular complexity index is 228. The van der Waals surface area contributed by atoms with E-state index >= 15 is 0 Å². The molecule has 1 rings (SSSR count). The molecule has 3 N–H and O–H groups in total. The Labute approximate surface area is 98.7 Å². The number of nitrogens with one attached hydrogen (secondary N) is 1. The summed E-state index contributed by atoms with van der Waals surface area (Å²) in [6.45, 7) is 5.23. The maximum atomic E-state index is 5.52. The van der Waals surface area contributed by atoms with Crippen LogP contribution in [0.2, 0.25) is 0 Å². The molecule has 1 fully saturated rings. The summed E-state index contributed by atoms with van der Waals surface area (Å²) < 4.78 is 0. The van der Waals surface area contributed by atoms with Gasteiger partial charge in [-0.25, -0.2) is 5.84 Å². The van der Waals surface area contributed by atoms with Crippen LogP contribution in [0.1, 0.15) is 26.2 Å². The molecule has 1 heterocycles. The highest BCUT2D eigenvalue weighted by atomic mass is 15.4. The number of nitrogens with two attached hydrogens (primary N) is 1. The Balaban J connectivity index is 2.55. The van der Waals surface area contributed by atoms with Gasteiger partial charge in [0.2, 0.25) is 5.96 Å². The quantitative estimate of drug-likeness (QED) is 0.314. The summed E-state index contributed by atoms with van der Waals surface area (Å²) >= 11 is 0. The molecular weight excluding hydrogens is 202 g/mol. The minimum atomic E-state index is 0.519. The van der Waals surface area contributed by atoms with E-state index in [0.29, 0.717) is 6.04 Å². The van der Waals surface area contributed by atoms with Crippen molar-refractivity contribution in [3.8, 4) is 0 Å². The smallest absolute Gasteiger partial charge is 0.208 e. The molecule has 0 radical (unpaired) electrons. The predicted octanol–water partition coefficient (Wildman–Crippen LogP) is 0.242. The lowest BCUT2D eigenvalue weighted by molar-refractivity contribution is 0.179. The number of hydrazine groups is 1. The molecule has 0 saturated carbocycles. The number of piperidine rings is 1. The van der Waals surface area contributed by atoms with Crippen molar-refractivity contribution < 1.29 is 0 Å². The van der Waals surface area contributed by atoms with Gasteiger partial charge in [0, 0.05) is 26.2 Å². The molecule has 16 heavy (non-hydrogen) atoms. The van der Waals surface area contributed by atoms with Crippen LogP contribution in [0, 0.1) is 0 Å². The van der Waals surface area contributed by atoms with Crippen LogP contribution >= 0.6 is 0 Å². The zero-order valence-electron chi connectivity index (χ0n) is 10.7. The van der Waals surface area contributed by atoms with Gasteiger partial charge in [0.25, 0.3) is 0 Å². The van der Waals surface area contributed by atoms with Gasteiger partial charge in [0.1, 0.15) is 0 Å². The Kier molecular flexibility index (Phi) is 5.55. The average molecular weight is 227 g/mol. The van der Waals surface area contributed by atoms with Crippen LogP contribution in [0.15, 0.2) is 4.99 Å². The Morgan fingerprint density at radius 3 is 2.94 bits per heavy atom. The lowest BCUT2D eigenvalue weighted by atomic mass is 10.1. The molecule has 1 aliphatic rings. The fourth-order valence-electron chi connectivity index (χ4n) is 2.10. The van der Waals surface area contributed by atoms with E-state index in [2.05, 4.69) is 41.2 Å². The molecule has 5 nitrogen and oxygen atoms in total. The Morgan fingerprint density at radius 2 is 2.38 bits per heavy atom. The summed E-state index contributed by atoms with van der Waals surface area (Å²) in [5, 5.41) is 0. The fourth-order valence-corrected chi connectivity index (χ4v) is 2.10. The first-order valence-corrected chi connectivity index (χ1v) is 6.11. The summed E-state index contributed by atoms with van der Waals surface area (Å²) in [6.07, 6.45) is 3.51. The Hall–Kier alpha value is -0.810. The summed E-state index contributed by atoms with van der Waals surface area (Å²) in [6, 6.07) is 0.519. The average Bonchev–Trinajstić information content (AvgIpc) is 2.29. The highest BCUT2D eigenvalue weighted by molar-refractivity contribution is 5.79. The van der Waals surface area contributed by atoms with Crippen LogP contribution in [0.4, 0.5) is 0 Å². The number of hydrogen-bond acceptors (Lipinski definition) is 3. The Morgan fingerprint density at radius 1 is 1.62 bits per heavy atom. The number of hydrogen-bond donors (Lipinski definition) is 2. The van der Waals surface area contributed by atoms with Gasteiger partial charge in [-0.1, -0.05) is 6.92 Å². The van der Waals surface area contributed by atoms with Gasteiger partial charge in [-0.15, -0.1) is 0 Å². The molecule has 0 aromatic heterocycles. The monoisotopic (exact) mass is 227 g/mol. The van der Waals surface area contributed by atoms with E-state index in [-0.39, 0.29) is 0 Å². The molecule has 0 aromatic carbocycles. The van der Waals surface area contributed by atoms with Crippen molar-refractivity contribution in [2.75, 3.05) is 33.7 Å². The molecule has 5 heteroatoms. The van der Waals surface area contributed by atoms with Crippen molar-refractivity contribution in [3.63, 3.8) is 0 Å². The van der Waals surface area contributed by atoms with Crippen LogP contribution in [0.3, 0.4) is 0 Å². The minimum absolute atomic E-state index is 0.519. The van der Waals surface area contributed by atoms with Crippen molar-refractivity contribution in [1.29, 1.82) is 0 Å². The number of aliphatic imine (C=N–C) groups is 1. The van der Waals surface area contributed by atoms with E-state index < -0.39 is 0 Å².